The summed E-state index contributed by atoms with van der Waals surface area (Å²) in [5.41, 5.74) is 3.68. The predicted molar refractivity (Wildman–Crippen MR) is 132 cm³/mol. The number of carbonyl (C=O) groups excluding carboxylic acids is 1. The lowest BCUT2D eigenvalue weighted by Crippen LogP contribution is -2.32. The summed E-state index contributed by atoms with van der Waals surface area (Å²) in [5, 5.41) is 3.54. The molecule has 0 atom stereocenters. The van der Waals surface area contributed by atoms with Gasteiger partial charge in [-0.05, 0) is 53.1 Å². The Morgan fingerprint density at radius 3 is 2.69 bits per heavy atom. The molecular formula is C26H20ClN3OS. The Labute approximate surface area is 195 Å². The first-order valence-electron chi connectivity index (χ1n) is 10.3. The van der Waals surface area contributed by atoms with Crippen LogP contribution in [0, 0.1) is 6.92 Å². The molecule has 2 aromatic heterocycles. The van der Waals surface area contributed by atoms with Crippen LogP contribution in [0.3, 0.4) is 0 Å². The SMILES string of the molecule is Cc1cc(Cl)cc2sc(N(Cc3ccccn3)C(=O)Cc3cccc4ccccc34)nc12. The van der Waals surface area contributed by atoms with E-state index in [4.69, 9.17) is 16.6 Å². The van der Waals surface area contributed by atoms with Gasteiger partial charge < -0.3 is 0 Å². The van der Waals surface area contributed by atoms with Gasteiger partial charge in [-0.25, -0.2) is 4.98 Å². The van der Waals surface area contributed by atoms with Crippen LogP contribution in [0.1, 0.15) is 16.8 Å². The summed E-state index contributed by atoms with van der Waals surface area (Å²) in [5.74, 6) is -0.0187. The highest BCUT2D eigenvalue weighted by Gasteiger charge is 2.22. The number of fused-ring (bicyclic) bond motifs is 2. The molecule has 5 rings (SSSR count). The second-order valence-corrected chi connectivity index (χ2v) is 9.13. The zero-order valence-corrected chi connectivity index (χ0v) is 19.0. The summed E-state index contributed by atoms with van der Waals surface area (Å²) in [4.78, 5) is 24.6. The Morgan fingerprint density at radius 1 is 1.03 bits per heavy atom. The van der Waals surface area contributed by atoms with Crippen LogP contribution in [0.2, 0.25) is 5.02 Å². The van der Waals surface area contributed by atoms with Gasteiger partial charge >= 0.3 is 0 Å². The normalized spacial score (nSPS) is 11.2. The molecule has 0 saturated heterocycles. The molecule has 0 spiro atoms. The second kappa shape index (κ2) is 8.69. The molecule has 5 aromatic rings. The number of nitrogens with zero attached hydrogens (tertiary/aromatic N) is 3. The van der Waals surface area contributed by atoms with Gasteiger partial charge in [0.25, 0.3) is 0 Å². The average molecular weight is 458 g/mol. The molecule has 2 heterocycles. The van der Waals surface area contributed by atoms with Crippen LogP contribution in [-0.4, -0.2) is 15.9 Å². The number of anilines is 1. The van der Waals surface area contributed by atoms with Crippen LogP contribution < -0.4 is 4.90 Å². The minimum Gasteiger partial charge on any atom is -0.282 e. The molecule has 1 amide bonds. The van der Waals surface area contributed by atoms with Crippen molar-refractivity contribution < 1.29 is 4.79 Å². The van der Waals surface area contributed by atoms with Gasteiger partial charge in [0.2, 0.25) is 5.91 Å². The quantitative estimate of drug-likeness (QED) is 0.299. The summed E-state index contributed by atoms with van der Waals surface area (Å²) in [6.07, 6.45) is 2.02. The van der Waals surface area contributed by atoms with E-state index >= 15 is 0 Å². The van der Waals surface area contributed by atoms with Crippen molar-refractivity contribution in [2.45, 2.75) is 19.9 Å². The van der Waals surface area contributed by atoms with E-state index in [0.29, 0.717) is 16.7 Å². The van der Waals surface area contributed by atoms with E-state index in [1.165, 1.54) is 11.3 Å². The highest BCUT2D eigenvalue weighted by molar-refractivity contribution is 7.22. The average Bonchev–Trinajstić information content (AvgIpc) is 3.22. The van der Waals surface area contributed by atoms with Gasteiger partial charge in [0.15, 0.2) is 5.13 Å². The van der Waals surface area contributed by atoms with Crippen LogP contribution in [0.5, 0.6) is 0 Å². The minimum absolute atomic E-state index is 0.0187. The number of hydrogen-bond acceptors (Lipinski definition) is 4. The van der Waals surface area contributed by atoms with Gasteiger partial charge in [0.1, 0.15) is 0 Å². The largest absolute Gasteiger partial charge is 0.282 e. The van der Waals surface area contributed by atoms with Gasteiger partial charge in [-0.15, -0.1) is 0 Å². The number of amides is 1. The Hall–Kier alpha value is -3.28. The number of aryl methyl sites for hydroxylation is 1. The maximum atomic E-state index is 13.6. The van der Waals surface area contributed by atoms with Crippen molar-refractivity contribution in [3.05, 3.63) is 101 Å². The third-order valence-electron chi connectivity index (χ3n) is 5.44. The molecule has 0 aliphatic heterocycles. The molecule has 0 saturated carbocycles. The molecule has 0 radical (unpaired) electrons. The molecule has 6 heteroatoms. The lowest BCUT2D eigenvalue weighted by atomic mass is 10.0. The highest BCUT2D eigenvalue weighted by atomic mass is 35.5. The molecule has 158 valence electrons. The van der Waals surface area contributed by atoms with Crippen molar-refractivity contribution in [3.63, 3.8) is 0 Å². The molecule has 4 nitrogen and oxygen atoms in total. The van der Waals surface area contributed by atoms with Crippen molar-refractivity contribution in [1.82, 2.24) is 9.97 Å². The van der Waals surface area contributed by atoms with Crippen molar-refractivity contribution >= 4 is 55.0 Å². The van der Waals surface area contributed by atoms with E-state index in [9.17, 15) is 4.79 Å². The van der Waals surface area contributed by atoms with Crippen LogP contribution in [0.25, 0.3) is 21.0 Å². The summed E-state index contributed by atoms with van der Waals surface area (Å²) in [7, 11) is 0. The smallest absolute Gasteiger partial charge is 0.233 e. The van der Waals surface area contributed by atoms with Gasteiger partial charge in [0.05, 0.1) is 28.9 Å². The highest BCUT2D eigenvalue weighted by Crippen LogP contribution is 2.34. The predicted octanol–water partition coefficient (Wildman–Crippen LogP) is 6.58. The summed E-state index contributed by atoms with van der Waals surface area (Å²) in [6.45, 7) is 2.34. The zero-order valence-electron chi connectivity index (χ0n) is 17.5. The molecule has 3 aromatic carbocycles. The van der Waals surface area contributed by atoms with Gasteiger partial charge in [-0.2, -0.15) is 0 Å². The fraction of sp³-hybridized carbons (Fsp3) is 0.115. The third-order valence-corrected chi connectivity index (χ3v) is 6.68. The van der Waals surface area contributed by atoms with Crippen molar-refractivity contribution in [3.8, 4) is 0 Å². The van der Waals surface area contributed by atoms with E-state index in [0.717, 1.165) is 37.8 Å². The first kappa shape index (κ1) is 20.6. The first-order chi connectivity index (χ1) is 15.6. The number of pyridine rings is 1. The van der Waals surface area contributed by atoms with E-state index in [-0.39, 0.29) is 12.3 Å². The van der Waals surface area contributed by atoms with Crippen molar-refractivity contribution in [2.75, 3.05) is 4.90 Å². The lowest BCUT2D eigenvalue weighted by Gasteiger charge is -2.20. The Bertz CT molecular complexity index is 1430. The molecule has 0 aliphatic rings. The molecule has 0 aliphatic carbocycles. The molecular weight excluding hydrogens is 438 g/mol. The maximum Gasteiger partial charge on any atom is 0.233 e. The van der Waals surface area contributed by atoms with E-state index in [1.807, 2.05) is 61.5 Å². The second-order valence-electron chi connectivity index (χ2n) is 7.68. The minimum atomic E-state index is -0.0187. The molecule has 32 heavy (non-hydrogen) atoms. The number of aromatic nitrogens is 2. The van der Waals surface area contributed by atoms with E-state index < -0.39 is 0 Å². The third kappa shape index (κ3) is 4.09. The Morgan fingerprint density at radius 2 is 1.84 bits per heavy atom. The Balaban J connectivity index is 1.55. The molecule has 0 N–H and O–H groups in total. The van der Waals surface area contributed by atoms with Crippen molar-refractivity contribution in [2.24, 2.45) is 0 Å². The van der Waals surface area contributed by atoms with Crippen LogP contribution in [0.15, 0.2) is 79.0 Å². The number of carbonyl (C=O) groups is 1. The van der Waals surface area contributed by atoms with Gasteiger partial charge in [0, 0.05) is 11.2 Å². The number of benzene rings is 3. The van der Waals surface area contributed by atoms with Gasteiger partial charge in [-0.1, -0.05) is 71.5 Å². The first-order valence-corrected chi connectivity index (χ1v) is 11.5. The number of halogens is 1. The number of rotatable bonds is 5. The Kier molecular flexibility index (Phi) is 5.60. The summed E-state index contributed by atoms with van der Waals surface area (Å²) < 4.78 is 0.967. The van der Waals surface area contributed by atoms with E-state index in [1.54, 1.807) is 11.1 Å². The van der Waals surface area contributed by atoms with Crippen LogP contribution >= 0.6 is 22.9 Å². The lowest BCUT2D eigenvalue weighted by molar-refractivity contribution is -0.118. The molecule has 0 bridgehead atoms. The standard InChI is InChI=1S/C26H20ClN3OS/c1-17-13-20(27)15-23-25(17)29-26(32-23)30(16-21-10-4-5-12-28-21)24(31)14-19-9-6-8-18-7-2-3-11-22(18)19/h2-13,15H,14,16H2,1H3. The summed E-state index contributed by atoms with van der Waals surface area (Å²) >= 11 is 7.73. The van der Waals surface area contributed by atoms with Crippen molar-refractivity contribution in [1.29, 1.82) is 0 Å². The van der Waals surface area contributed by atoms with Crippen LogP contribution in [-0.2, 0) is 17.8 Å². The topological polar surface area (TPSA) is 46.1 Å². The monoisotopic (exact) mass is 457 g/mol. The molecule has 0 fully saturated rings. The summed E-state index contributed by atoms with van der Waals surface area (Å²) in [6, 6.07) is 23.7. The number of thiazole rings is 1. The maximum absolute atomic E-state index is 13.6. The van der Waals surface area contributed by atoms with Gasteiger partial charge in [-0.3, -0.25) is 14.7 Å². The van der Waals surface area contributed by atoms with E-state index in [2.05, 4.69) is 23.2 Å². The molecule has 0 unspecified atom stereocenters. The fourth-order valence-corrected chi connectivity index (χ4v) is 5.32. The zero-order chi connectivity index (χ0) is 22.1. The van der Waals surface area contributed by atoms with Crippen LogP contribution in [0.4, 0.5) is 5.13 Å². The number of hydrogen-bond donors (Lipinski definition) is 0. The fourth-order valence-electron chi connectivity index (χ4n) is 3.88.